The number of oxazole rings is 1. The molecular weight excluding hydrogens is 630 g/mol. The number of amides is 4. The summed E-state index contributed by atoms with van der Waals surface area (Å²) in [7, 11) is 0. The summed E-state index contributed by atoms with van der Waals surface area (Å²) in [4.78, 5) is 64.5. The van der Waals surface area contributed by atoms with Gasteiger partial charge >= 0.3 is 0 Å². The van der Waals surface area contributed by atoms with E-state index in [1.807, 2.05) is 44.2 Å². The summed E-state index contributed by atoms with van der Waals surface area (Å²) in [6.07, 6.45) is 3.19. The third kappa shape index (κ3) is 7.89. The number of rotatable bonds is 6. The number of carbonyl (C=O) groups excluding carboxylic acids is 4. The first-order valence-electron chi connectivity index (χ1n) is 15.8. The van der Waals surface area contributed by atoms with Gasteiger partial charge in [-0.05, 0) is 24.0 Å². The number of H-pyrrole nitrogens is 1. The smallest absolute Gasteiger partial charge is 0.274 e. The van der Waals surface area contributed by atoms with Crippen molar-refractivity contribution in [1.82, 2.24) is 46.2 Å². The molecule has 0 unspecified atom stereocenters. The molecule has 0 saturated heterocycles. The molecule has 252 valence electrons. The van der Waals surface area contributed by atoms with Gasteiger partial charge in [0.05, 0.1) is 12.1 Å². The van der Waals surface area contributed by atoms with Gasteiger partial charge in [-0.15, -0.1) is 0 Å². The van der Waals surface area contributed by atoms with Crippen molar-refractivity contribution in [1.29, 1.82) is 0 Å². The second-order valence-corrected chi connectivity index (χ2v) is 12.0. The molecule has 0 aliphatic carbocycles. The first-order chi connectivity index (χ1) is 23.7. The first kappa shape index (κ1) is 32.8. The molecule has 4 heterocycles. The molecule has 49 heavy (non-hydrogen) atoms. The Bertz CT molecular complexity index is 1920. The number of nitrogens with zero attached hydrogens (tertiary/aromatic N) is 5. The normalized spacial score (nSPS) is 17.5. The van der Waals surface area contributed by atoms with E-state index < -0.39 is 29.8 Å². The lowest BCUT2D eigenvalue weighted by Crippen LogP contribution is -2.49. The van der Waals surface area contributed by atoms with E-state index in [0.29, 0.717) is 23.4 Å². The van der Waals surface area contributed by atoms with Gasteiger partial charge in [-0.3, -0.25) is 24.3 Å². The summed E-state index contributed by atoms with van der Waals surface area (Å²) < 4.78 is 11.2. The molecule has 5 aromatic rings. The van der Waals surface area contributed by atoms with Crippen molar-refractivity contribution in [2.24, 2.45) is 5.92 Å². The van der Waals surface area contributed by atoms with E-state index in [9.17, 15) is 19.2 Å². The second-order valence-electron chi connectivity index (χ2n) is 12.0. The van der Waals surface area contributed by atoms with Crippen LogP contribution in [0.1, 0.15) is 74.9 Å². The van der Waals surface area contributed by atoms with E-state index in [4.69, 9.17) is 8.94 Å². The van der Waals surface area contributed by atoms with Crippen molar-refractivity contribution in [2.45, 2.75) is 45.3 Å². The number of aromatic nitrogens is 5. The Labute approximate surface area is 280 Å². The Morgan fingerprint density at radius 3 is 2.51 bits per heavy atom. The predicted octanol–water partition coefficient (Wildman–Crippen LogP) is 3.08. The minimum Gasteiger partial charge on any atom is -0.446 e. The molecule has 0 radical (unpaired) electrons. The van der Waals surface area contributed by atoms with Crippen molar-refractivity contribution in [2.75, 3.05) is 13.1 Å². The van der Waals surface area contributed by atoms with Crippen LogP contribution in [-0.2, 0) is 17.8 Å². The fourth-order valence-corrected chi connectivity index (χ4v) is 5.52. The van der Waals surface area contributed by atoms with E-state index in [2.05, 4.69) is 41.3 Å². The number of benzene rings is 2. The third-order valence-electron chi connectivity index (χ3n) is 7.90. The standard InChI is InChI=1S/C34H35N9O6/c1-20(2)14-27-33-40-28(18-48-33)32(46)38-25(15-21-8-4-3-5-9-21)30(44)35-12-13-43(17-22-16-26(42-49-22)31(45)39-27)34(47)24-11-7-6-10-23(24)29-36-19-37-41-29/h3-11,16,18-20,25,27H,12-15,17H2,1-2H3,(H,35,44)(H,38,46)(H,39,45)(H,36,37,41)/t25-,27+/m0/s1. The molecule has 4 N–H and O–H groups in total. The number of nitrogens with one attached hydrogen (secondary N) is 4. The average Bonchev–Trinajstić information content (AvgIpc) is 3.90. The highest BCUT2D eigenvalue weighted by molar-refractivity contribution is 6.00. The zero-order valence-electron chi connectivity index (χ0n) is 26.9. The van der Waals surface area contributed by atoms with Gasteiger partial charge in [0.25, 0.3) is 17.7 Å². The molecule has 3 aromatic heterocycles. The topological polar surface area (TPSA) is 201 Å². The van der Waals surface area contributed by atoms with Crippen LogP contribution < -0.4 is 16.0 Å². The zero-order chi connectivity index (χ0) is 34.3. The monoisotopic (exact) mass is 665 g/mol. The molecule has 1 aliphatic rings. The van der Waals surface area contributed by atoms with Gasteiger partial charge in [0.15, 0.2) is 23.0 Å². The van der Waals surface area contributed by atoms with Crippen molar-refractivity contribution in [3.8, 4) is 11.4 Å². The van der Waals surface area contributed by atoms with E-state index in [1.54, 1.807) is 24.3 Å². The molecule has 0 fully saturated rings. The summed E-state index contributed by atoms with van der Waals surface area (Å²) in [5.41, 5.74) is 1.63. The minimum absolute atomic E-state index is 0.0130. The van der Waals surface area contributed by atoms with Crippen LogP contribution in [0.25, 0.3) is 11.4 Å². The summed E-state index contributed by atoms with van der Waals surface area (Å²) in [6, 6.07) is 16.0. The maximum atomic E-state index is 14.1. The fraction of sp³-hybridized carbons (Fsp3) is 0.294. The van der Waals surface area contributed by atoms with Crippen LogP contribution in [0.15, 0.2) is 82.2 Å². The van der Waals surface area contributed by atoms with Gasteiger partial charge in [-0.1, -0.05) is 67.5 Å². The van der Waals surface area contributed by atoms with E-state index in [1.165, 1.54) is 23.6 Å². The Kier molecular flexibility index (Phi) is 9.88. The average molecular weight is 666 g/mol. The lowest BCUT2D eigenvalue weighted by molar-refractivity contribution is -0.123. The summed E-state index contributed by atoms with van der Waals surface area (Å²) in [5, 5.41) is 19.2. The first-order valence-corrected chi connectivity index (χ1v) is 15.8. The van der Waals surface area contributed by atoms with Crippen LogP contribution in [0.4, 0.5) is 0 Å². The number of aromatic amines is 1. The van der Waals surface area contributed by atoms with E-state index >= 15 is 0 Å². The zero-order valence-corrected chi connectivity index (χ0v) is 26.9. The van der Waals surface area contributed by atoms with Crippen molar-refractivity contribution in [3.63, 3.8) is 0 Å². The van der Waals surface area contributed by atoms with Crippen molar-refractivity contribution in [3.05, 3.63) is 107 Å². The van der Waals surface area contributed by atoms with Crippen LogP contribution in [0.2, 0.25) is 0 Å². The lowest BCUT2D eigenvalue weighted by Gasteiger charge is -2.24. The van der Waals surface area contributed by atoms with Gasteiger partial charge in [0.2, 0.25) is 11.8 Å². The fourth-order valence-electron chi connectivity index (χ4n) is 5.52. The number of fused-ring (bicyclic) bond motifs is 4. The van der Waals surface area contributed by atoms with Crippen molar-refractivity contribution >= 4 is 23.6 Å². The number of hydrogen-bond donors (Lipinski definition) is 4. The Hall–Kier alpha value is -6.12. The summed E-state index contributed by atoms with van der Waals surface area (Å²) in [5.74, 6) is -1.10. The maximum absolute atomic E-state index is 14.1. The molecule has 2 atom stereocenters. The molecule has 2 aromatic carbocycles. The molecule has 6 rings (SSSR count). The minimum atomic E-state index is -0.978. The van der Waals surface area contributed by atoms with Crippen LogP contribution >= 0.6 is 0 Å². The molecule has 15 heteroatoms. The Morgan fingerprint density at radius 1 is 0.980 bits per heavy atom. The number of hydrogen-bond acceptors (Lipinski definition) is 10. The lowest BCUT2D eigenvalue weighted by atomic mass is 10.0. The maximum Gasteiger partial charge on any atom is 0.274 e. The number of carbonyl (C=O) groups is 4. The summed E-state index contributed by atoms with van der Waals surface area (Å²) in [6.45, 7) is 3.96. The van der Waals surface area contributed by atoms with Crippen LogP contribution in [0.5, 0.6) is 0 Å². The van der Waals surface area contributed by atoms with E-state index in [0.717, 1.165) is 5.56 Å². The van der Waals surface area contributed by atoms with Crippen molar-refractivity contribution < 1.29 is 28.1 Å². The Balaban J connectivity index is 1.33. The van der Waals surface area contributed by atoms with Gasteiger partial charge in [0.1, 0.15) is 24.7 Å². The quantitative estimate of drug-likeness (QED) is 0.209. The van der Waals surface area contributed by atoms with Gasteiger partial charge in [-0.25, -0.2) is 9.97 Å². The largest absolute Gasteiger partial charge is 0.446 e. The van der Waals surface area contributed by atoms with Gasteiger partial charge < -0.3 is 29.8 Å². The summed E-state index contributed by atoms with van der Waals surface area (Å²) >= 11 is 0. The second kappa shape index (κ2) is 14.8. The molecule has 15 nitrogen and oxygen atoms in total. The molecule has 1 aliphatic heterocycles. The predicted molar refractivity (Wildman–Crippen MR) is 174 cm³/mol. The molecule has 4 amide bonds. The Morgan fingerprint density at radius 2 is 1.73 bits per heavy atom. The highest BCUT2D eigenvalue weighted by atomic mass is 16.5. The SMILES string of the molecule is CC(C)C[C@H]1NC(=O)c2cc(on2)CN(C(=O)c2ccccc2-c2ncn[nH]2)CCNC(=O)[C@H](Cc2ccccc2)NC(=O)c2coc1n2. The van der Waals surface area contributed by atoms with Gasteiger partial charge in [0, 0.05) is 31.1 Å². The van der Waals surface area contributed by atoms with Crippen LogP contribution in [0, 0.1) is 5.92 Å². The van der Waals surface area contributed by atoms with Crippen LogP contribution in [-0.4, -0.2) is 73.0 Å². The molecule has 0 saturated carbocycles. The highest BCUT2D eigenvalue weighted by Crippen LogP contribution is 2.24. The van der Waals surface area contributed by atoms with E-state index in [-0.39, 0.29) is 60.9 Å². The van der Waals surface area contributed by atoms with Crippen LogP contribution in [0.3, 0.4) is 0 Å². The molecule has 0 spiro atoms. The van der Waals surface area contributed by atoms with Gasteiger partial charge in [-0.2, -0.15) is 5.10 Å². The highest BCUT2D eigenvalue weighted by Gasteiger charge is 2.29. The molecule has 4 bridgehead atoms. The molecular formula is C34H35N9O6. The third-order valence-corrected chi connectivity index (χ3v) is 7.90.